The van der Waals surface area contributed by atoms with Crippen LogP contribution in [-0.2, 0) is 0 Å². The lowest BCUT2D eigenvalue weighted by Gasteiger charge is -2.10. The molecule has 0 saturated carbocycles. The number of benzene rings is 4. The van der Waals surface area contributed by atoms with Crippen LogP contribution in [0.4, 0.5) is 0 Å². The monoisotopic (exact) mass is 481 g/mol. The maximum atomic E-state index is 6.36. The van der Waals surface area contributed by atoms with Crippen LogP contribution in [0.1, 0.15) is 5.69 Å². The van der Waals surface area contributed by atoms with Gasteiger partial charge in [0.15, 0.2) is 0 Å². The lowest BCUT2D eigenvalue weighted by Crippen LogP contribution is -1.97. The Labute approximate surface area is 210 Å². The number of rotatable bonds is 2. The van der Waals surface area contributed by atoms with Gasteiger partial charge in [-0.3, -0.25) is 4.57 Å². The first-order valence-corrected chi connectivity index (χ1v) is 12.7. The largest absolute Gasteiger partial charge is 0.437 e. The second-order valence-corrected chi connectivity index (χ2v) is 10.2. The Morgan fingerprint density at radius 3 is 2.50 bits per heavy atom. The fourth-order valence-electron chi connectivity index (χ4n) is 5.27. The molecule has 0 N–H and O–H groups in total. The van der Waals surface area contributed by atoms with E-state index in [-0.39, 0.29) is 0 Å². The summed E-state index contributed by atoms with van der Waals surface area (Å²) < 4.78 is 11.2. The van der Waals surface area contributed by atoms with Gasteiger partial charge in [-0.05, 0) is 61.5 Å². The maximum Gasteiger partial charge on any atom is 0.227 e. The number of para-hydroxylation sites is 3. The smallest absolute Gasteiger partial charge is 0.227 e. The van der Waals surface area contributed by atoms with Crippen molar-refractivity contribution in [3.63, 3.8) is 0 Å². The molecular weight excluding hydrogens is 462 g/mol. The number of hydrogen-bond donors (Lipinski definition) is 0. The lowest BCUT2D eigenvalue weighted by molar-refractivity contribution is 0.653. The molecule has 0 bridgehead atoms. The summed E-state index contributed by atoms with van der Waals surface area (Å²) in [4.78, 5) is 9.75. The Morgan fingerprint density at radius 2 is 1.53 bits per heavy atom. The van der Waals surface area contributed by atoms with Crippen molar-refractivity contribution in [2.75, 3.05) is 0 Å². The van der Waals surface area contributed by atoms with Gasteiger partial charge in [-0.2, -0.15) is 0 Å². The lowest BCUT2D eigenvalue weighted by atomic mass is 10.1. The van der Waals surface area contributed by atoms with Crippen LogP contribution in [-0.4, -0.2) is 14.5 Å². The second-order valence-electron chi connectivity index (χ2n) is 9.13. The van der Waals surface area contributed by atoms with Crippen molar-refractivity contribution in [3.05, 3.63) is 103 Å². The van der Waals surface area contributed by atoms with Gasteiger partial charge < -0.3 is 4.42 Å². The van der Waals surface area contributed by atoms with E-state index >= 15 is 0 Å². The highest BCUT2D eigenvalue weighted by Gasteiger charge is 2.20. The summed E-state index contributed by atoms with van der Waals surface area (Å²) in [5.41, 5.74) is 6.45. The van der Waals surface area contributed by atoms with E-state index in [1.54, 1.807) is 0 Å². The minimum Gasteiger partial charge on any atom is -0.437 e. The molecule has 4 aromatic heterocycles. The summed E-state index contributed by atoms with van der Waals surface area (Å²) in [7, 11) is 0. The van der Waals surface area contributed by atoms with Crippen molar-refractivity contribution in [2.45, 2.75) is 6.92 Å². The predicted molar refractivity (Wildman–Crippen MR) is 149 cm³/mol. The van der Waals surface area contributed by atoms with Crippen molar-refractivity contribution < 1.29 is 4.42 Å². The number of aryl methyl sites for hydroxylation is 1. The maximum absolute atomic E-state index is 6.36. The molecule has 8 aromatic rings. The molecule has 0 amide bonds. The van der Waals surface area contributed by atoms with Gasteiger partial charge in [0.1, 0.15) is 11.4 Å². The molecule has 5 heteroatoms. The van der Waals surface area contributed by atoms with Crippen LogP contribution in [0.5, 0.6) is 0 Å². The first-order chi connectivity index (χ1) is 17.7. The SMILES string of the molecule is Cc1ccc2c(n1)oc1c(-c3nc4ccccc4n3-c3ccc4sc5ccccc5c4c3)cccc12. The van der Waals surface area contributed by atoms with Gasteiger partial charge >= 0.3 is 0 Å². The fourth-order valence-corrected chi connectivity index (χ4v) is 6.36. The van der Waals surface area contributed by atoms with Crippen molar-refractivity contribution in [2.24, 2.45) is 0 Å². The van der Waals surface area contributed by atoms with E-state index in [4.69, 9.17) is 9.40 Å². The standard InChI is InChI=1S/C31H19N3OS/c1-18-13-15-22-21-8-6-9-23(29(21)35-31(22)32-18)30-33-25-10-3-4-11-26(25)34(30)19-14-16-28-24(17-19)20-7-2-5-12-27(20)36-28/h2-17H,1H3. The zero-order chi connectivity index (χ0) is 23.8. The first kappa shape index (κ1) is 19.8. The number of furan rings is 1. The Kier molecular flexibility index (Phi) is 3.99. The average Bonchev–Trinajstić information content (AvgIpc) is 3.58. The van der Waals surface area contributed by atoms with Crippen molar-refractivity contribution in [1.29, 1.82) is 0 Å². The number of imidazole rings is 1. The third-order valence-corrected chi connectivity index (χ3v) is 8.08. The minimum atomic E-state index is 0.659. The van der Waals surface area contributed by atoms with E-state index in [1.807, 2.05) is 30.4 Å². The molecule has 0 spiro atoms. The van der Waals surface area contributed by atoms with Crippen LogP contribution in [0.2, 0.25) is 0 Å². The molecule has 0 atom stereocenters. The van der Waals surface area contributed by atoms with Gasteiger partial charge in [-0.1, -0.05) is 42.5 Å². The molecule has 0 fully saturated rings. The van der Waals surface area contributed by atoms with Crippen LogP contribution in [0.25, 0.3) is 70.3 Å². The van der Waals surface area contributed by atoms with Crippen molar-refractivity contribution >= 4 is 64.6 Å². The number of pyridine rings is 1. The zero-order valence-electron chi connectivity index (χ0n) is 19.4. The number of thiophene rings is 1. The molecule has 36 heavy (non-hydrogen) atoms. The molecule has 170 valence electrons. The van der Waals surface area contributed by atoms with Gasteiger partial charge in [-0.15, -0.1) is 11.3 Å². The molecule has 0 radical (unpaired) electrons. The van der Waals surface area contributed by atoms with E-state index in [2.05, 4.69) is 94.5 Å². The Bertz CT molecular complexity index is 2130. The van der Waals surface area contributed by atoms with E-state index in [0.717, 1.165) is 50.2 Å². The highest BCUT2D eigenvalue weighted by molar-refractivity contribution is 7.25. The van der Waals surface area contributed by atoms with Crippen LogP contribution in [0.15, 0.2) is 101 Å². The number of nitrogens with zero attached hydrogens (tertiary/aromatic N) is 3. The molecule has 0 saturated heterocycles. The zero-order valence-corrected chi connectivity index (χ0v) is 20.2. The molecule has 0 aliphatic heterocycles. The Morgan fingerprint density at radius 1 is 0.694 bits per heavy atom. The quantitative estimate of drug-likeness (QED) is 0.248. The van der Waals surface area contributed by atoms with Gasteiger partial charge in [0.2, 0.25) is 5.71 Å². The molecule has 8 rings (SSSR count). The Balaban J connectivity index is 1.46. The Hall–Kier alpha value is -4.48. The third kappa shape index (κ3) is 2.75. The third-order valence-electron chi connectivity index (χ3n) is 6.92. The number of hydrogen-bond acceptors (Lipinski definition) is 4. The summed E-state index contributed by atoms with van der Waals surface area (Å²) in [6.07, 6.45) is 0. The molecule has 4 nitrogen and oxygen atoms in total. The fraction of sp³-hybridized carbons (Fsp3) is 0.0323. The number of aromatic nitrogens is 3. The summed E-state index contributed by atoms with van der Waals surface area (Å²) in [5, 5.41) is 4.61. The molecule has 0 aliphatic carbocycles. The highest BCUT2D eigenvalue weighted by atomic mass is 32.1. The summed E-state index contributed by atoms with van der Waals surface area (Å²) in [6.45, 7) is 1.98. The van der Waals surface area contributed by atoms with Gasteiger partial charge in [0.25, 0.3) is 0 Å². The van der Waals surface area contributed by atoms with Gasteiger partial charge in [0.05, 0.1) is 16.6 Å². The summed E-state index contributed by atoms with van der Waals surface area (Å²) in [6, 6.07) is 34.0. The first-order valence-electron chi connectivity index (χ1n) is 11.9. The normalized spacial score (nSPS) is 12.0. The molecule has 4 aromatic carbocycles. The molecular formula is C31H19N3OS. The van der Waals surface area contributed by atoms with Gasteiger partial charge in [0, 0.05) is 42.3 Å². The van der Waals surface area contributed by atoms with Crippen LogP contribution in [0.3, 0.4) is 0 Å². The average molecular weight is 482 g/mol. The molecule has 0 aliphatic rings. The van der Waals surface area contributed by atoms with E-state index in [1.165, 1.54) is 20.2 Å². The summed E-state index contributed by atoms with van der Waals surface area (Å²) >= 11 is 1.83. The van der Waals surface area contributed by atoms with Gasteiger partial charge in [-0.25, -0.2) is 9.97 Å². The second kappa shape index (κ2) is 7.26. The van der Waals surface area contributed by atoms with E-state index in [9.17, 15) is 0 Å². The van der Waals surface area contributed by atoms with E-state index in [0.29, 0.717) is 5.71 Å². The van der Waals surface area contributed by atoms with Crippen LogP contribution < -0.4 is 0 Å². The van der Waals surface area contributed by atoms with Crippen LogP contribution >= 0.6 is 11.3 Å². The molecule has 4 heterocycles. The van der Waals surface area contributed by atoms with E-state index < -0.39 is 0 Å². The van der Waals surface area contributed by atoms with Crippen LogP contribution in [0, 0.1) is 6.92 Å². The number of fused-ring (bicyclic) bond motifs is 7. The summed E-state index contributed by atoms with van der Waals surface area (Å²) in [5.74, 6) is 0.858. The molecule has 0 unspecified atom stereocenters. The topological polar surface area (TPSA) is 43.9 Å². The van der Waals surface area contributed by atoms with Crippen molar-refractivity contribution in [1.82, 2.24) is 14.5 Å². The minimum absolute atomic E-state index is 0.659. The predicted octanol–water partition coefficient (Wildman–Crippen LogP) is 8.66. The van der Waals surface area contributed by atoms with Crippen molar-refractivity contribution in [3.8, 4) is 17.1 Å². The highest BCUT2D eigenvalue weighted by Crippen LogP contribution is 2.39.